The maximum absolute atomic E-state index is 4.08. The zero-order valence-electron chi connectivity index (χ0n) is 96.8. The molecule has 11 rings (SSSR count). The van der Waals surface area contributed by atoms with Crippen molar-refractivity contribution < 1.29 is 0 Å². The van der Waals surface area contributed by atoms with Gasteiger partial charge in [-0.3, -0.25) is 0 Å². The van der Waals surface area contributed by atoms with Gasteiger partial charge in [-0.15, -0.1) is 113 Å². The summed E-state index contributed by atoms with van der Waals surface area (Å²) in [6.07, 6.45) is 76.6. The van der Waals surface area contributed by atoms with Crippen molar-refractivity contribution in [2.24, 2.45) is 0 Å². The normalized spacial score (nSPS) is 12.2. The summed E-state index contributed by atoms with van der Waals surface area (Å²) in [7, 11) is 0. The maximum Gasteiger partial charge on any atom is 0.0820 e. The van der Waals surface area contributed by atoms with Crippen LogP contribution >= 0.6 is 113 Å². The lowest BCUT2D eigenvalue weighted by Gasteiger charge is -2.07. The standard InChI is InChI=1S/C140H184S10/c1-21-41-61-101-102(62-42-22-2)122-83-84-124-105(65-45-25-5)106(66-46-26-6)126(143-124)87-88-128-109(69-49-29-9)110(70-50-30-10)130(145-128)91-92-132-113(73-53-33-13)114(74-54-34-14)134(147-132)95-96-136-117(77-57-37-17)118(78-58-38-18)138(149-136)99-100-140-120(80-60-40-20)119(79-59-39-19)139(150-140)98-97-137-116(76-56-36-16)115(75-55-35-15)135(148-137)94-93-133-112(72-52-32-12)111(71-51-31-11)131(146-133)90-89-129-108(68-48-28-8)107(67-47-27-7)127(144-129)86-85-125-104(64-44-24-4)103(63-43-23-3)123(142-125)82-81-121(101)141-122/h81-82,99-100H,21-80H2,1-20H3/b82-81+,100-99+,121-81?,123-82?,138-99?,140-100?. The van der Waals surface area contributed by atoms with E-state index in [4.69, 9.17) is 0 Å². The van der Waals surface area contributed by atoms with Gasteiger partial charge in [0, 0.05) is 19.5 Å². The lowest BCUT2D eigenvalue weighted by atomic mass is 9.96. The summed E-state index contributed by atoms with van der Waals surface area (Å²) in [5.74, 6) is 65.0. The van der Waals surface area contributed by atoms with Gasteiger partial charge in [-0.25, -0.2) is 0 Å². The molecule has 0 nitrogen and oxygen atoms in total. The van der Waals surface area contributed by atoms with Crippen LogP contribution in [0.4, 0.5) is 0 Å². The van der Waals surface area contributed by atoms with E-state index in [1.165, 1.54) is 209 Å². The Labute approximate surface area is 955 Å². The summed E-state index contributed by atoms with van der Waals surface area (Å²) in [6.45, 7) is 47.2. The fourth-order valence-corrected chi connectivity index (χ4v) is 32.1. The lowest BCUT2D eigenvalue weighted by molar-refractivity contribution is 0.760. The molecule has 0 N–H and O–H groups in total. The van der Waals surface area contributed by atoms with Crippen molar-refractivity contribution in [3.05, 3.63) is 209 Å². The minimum Gasteiger partial charge on any atom is -0.127 e. The van der Waals surface area contributed by atoms with Crippen LogP contribution < -0.4 is 0 Å². The quantitative estimate of drug-likeness (QED) is 0.0333. The Balaban J connectivity index is 1.20. The number of hydrogen-bond acceptors (Lipinski definition) is 10. The molecular weight excluding hydrogens is 2000 g/mol. The second kappa shape index (κ2) is 68.5. The van der Waals surface area contributed by atoms with Gasteiger partial charge in [-0.05, 0) is 487 Å². The van der Waals surface area contributed by atoms with Crippen LogP contribution in [0.3, 0.4) is 0 Å². The maximum atomic E-state index is 4.08. The number of hydrogen-bond donors (Lipinski definition) is 0. The van der Waals surface area contributed by atoms with E-state index in [0.29, 0.717) is 0 Å². The molecule has 10 aromatic rings. The van der Waals surface area contributed by atoms with Crippen molar-refractivity contribution in [1.82, 2.24) is 0 Å². The van der Waals surface area contributed by atoms with Crippen molar-refractivity contribution in [2.75, 3.05) is 0 Å². The van der Waals surface area contributed by atoms with Crippen molar-refractivity contribution in [3.63, 3.8) is 0 Å². The molecule has 0 saturated heterocycles. The molecule has 11 heterocycles. The Bertz CT molecular complexity index is 5760. The topological polar surface area (TPSA) is 0 Å². The van der Waals surface area contributed by atoms with E-state index in [9.17, 15) is 0 Å². The van der Waals surface area contributed by atoms with E-state index in [1.807, 2.05) is 113 Å². The zero-order chi connectivity index (χ0) is 107. The Morgan fingerprint density at radius 3 is 0.267 bits per heavy atom. The Kier molecular flexibility index (Phi) is 56.2. The third kappa shape index (κ3) is 34.5. The molecule has 0 spiro atoms. The molecule has 0 unspecified atom stereocenters. The highest BCUT2D eigenvalue weighted by Crippen LogP contribution is 2.45. The van der Waals surface area contributed by atoms with Crippen LogP contribution in [0, 0.1) is 94.7 Å². The van der Waals surface area contributed by atoms with Gasteiger partial charge >= 0.3 is 0 Å². The average molecular weight is 2190 g/mol. The molecule has 0 atom stereocenters. The van der Waals surface area contributed by atoms with Gasteiger partial charge in [0.25, 0.3) is 0 Å². The molecule has 0 fully saturated rings. The van der Waals surface area contributed by atoms with Crippen LogP contribution in [0.15, 0.2) is 0 Å². The predicted molar refractivity (Wildman–Crippen MR) is 681 cm³/mol. The summed E-state index contributed by atoms with van der Waals surface area (Å²) >= 11 is 19.3. The first kappa shape index (κ1) is 123. The van der Waals surface area contributed by atoms with Crippen LogP contribution in [0.1, 0.15) is 604 Å². The molecule has 1 aliphatic rings. The first-order valence-corrected chi connectivity index (χ1v) is 68.8. The summed E-state index contributed by atoms with van der Waals surface area (Å²) < 4.78 is 0. The van der Waals surface area contributed by atoms with E-state index >= 15 is 0 Å². The zero-order valence-corrected chi connectivity index (χ0v) is 105. The number of fused-ring (bicyclic) bond motifs is 20. The molecule has 10 aromatic heterocycles. The van der Waals surface area contributed by atoms with E-state index in [1.54, 1.807) is 0 Å². The lowest BCUT2D eigenvalue weighted by Crippen LogP contribution is -1.96. The summed E-state index contributed by atoms with van der Waals surface area (Å²) in [5.41, 5.74) is 29.5. The Morgan fingerprint density at radius 1 is 0.107 bits per heavy atom. The fraction of sp³-hybridized carbons (Fsp3) is 0.571. The molecule has 150 heavy (non-hydrogen) atoms. The number of rotatable bonds is 60. The third-order valence-corrected chi connectivity index (χ3v) is 41.2. The van der Waals surface area contributed by atoms with E-state index in [-0.39, 0.29) is 0 Å². The highest BCUT2D eigenvalue weighted by molar-refractivity contribution is 7.17. The first-order valence-electron chi connectivity index (χ1n) is 60.6. The minimum atomic E-state index is 1.02. The molecule has 804 valence electrons. The van der Waals surface area contributed by atoms with Gasteiger partial charge in [0.15, 0.2) is 0 Å². The highest BCUT2D eigenvalue weighted by atomic mass is 32.1. The summed E-state index contributed by atoms with van der Waals surface area (Å²) in [4.78, 5) is 25.3. The van der Waals surface area contributed by atoms with Gasteiger partial charge in [0.2, 0.25) is 0 Å². The van der Waals surface area contributed by atoms with Gasteiger partial charge < -0.3 is 0 Å². The van der Waals surface area contributed by atoms with Crippen LogP contribution in [0.25, 0.3) is 24.3 Å². The van der Waals surface area contributed by atoms with Crippen LogP contribution in [-0.4, -0.2) is 0 Å². The van der Waals surface area contributed by atoms with Gasteiger partial charge in [-0.2, -0.15) is 0 Å². The van der Waals surface area contributed by atoms with E-state index < -0.39 is 0 Å². The highest BCUT2D eigenvalue weighted by Gasteiger charge is 2.29. The van der Waals surface area contributed by atoms with Gasteiger partial charge in [0.1, 0.15) is 0 Å². The number of thiophene rings is 10. The smallest absolute Gasteiger partial charge is 0.0820 e. The average Bonchev–Trinajstić information content (AvgIpc) is 1.64. The molecule has 0 aromatic carbocycles. The molecule has 0 aliphatic carbocycles. The van der Waals surface area contributed by atoms with Crippen LogP contribution in [-0.2, 0) is 128 Å². The minimum absolute atomic E-state index is 1.02. The molecule has 20 bridgehead atoms. The SMILES string of the molecule is CCCCc1c2sc(c1CCCC)C#Cc1sc(c(CCCC)c1CCCC)C#Cc1sc(c(CCCC)c1CCCC)/C=C/c1sc(c(CCCC)c1CCCC)C#Cc1sc(c(CCCC)c1CCCC)C#Cc1sc(c(CCCC)c1CCCC)C#Cc1sc(c(CCCC)c1CCCC)C#Cc1sc(c(CCCC)c1CCCC)/C=C/c1sc(c(CCCC)c1CCCC)C#Cc1sc(c(CCCC)c1CCCC)C#C2. The molecule has 0 amide bonds. The predicted octanol–water partition coefficient (Wildman–Crippen LogP) is 43.0. The van der Waals surface area contributed by atoms with Crippen molar-refractivity contribution in [1.29, 1.82) is 0 Å². The molecule has 0 radical (unpaired) electrons. The summed E-state index contributed by atoms with van der Waals surface area (Å²) in [5, 5.41) is 0. The summed E-state index contributed by atoms with van der Waals surface area (Å²) in [6, 6.07) is 0. The fourth-order valence-electron chi connectivity index (χ4n) is 20.8. The number of unbranched alkanes of at least 4 members (excludes halogenated alkanes) is 20. The van der Waals surface area contributed by atoms with Crippen molar-refractivity contribution in [2.45, 2.75) is 524 Å². The second-order valence-corrected chi connectivity index (χ2v) is 52.4. The molecular formula is C140H184S10. The molecule has 1 aliphatic heterocycles. The molecule has 10 heteroatoms. The third-order valence-electron chi connectivity index (χ3n) is 30.0. The van der Waals surface area contributed by atoms with Crippen molar-refractivity contribution in [3.8, 4) is 94.7 Å². The largest absolute Gasteiger partial charge is 0.127 e. The first-order chi connectivity index (χ1) is 73.6. The Morgan fingerprint density at radius 2 is 0.180 bits per heavy atom. The van der Waals surface area contributed by atoms with Gasteiger partial charge in [0.05, 0.1) is 78.0 Å². The van der Waals surface area contributed by atoms with Crippen molar-refractivity contribution >= 4 is 138 Å². The second-order valence-electron chi connectivity index (χ2n) is 42.1. The van der Waals surface area contributed by atoms with Gasteiger partial charge in [-0.1, -0.05) is 267 Å². The van der Waals surface area contributed by atoms with Crippen LogP contribution in [0.2, 0.25) is 0 Å². The monoisotopic (exact) mass is 2190 g/mol. The van der Waals surface area contributed by atoms with Crippen LogP contribution in [0.5, 0.6) is 0 Å². The Hall–Kier alpha value is -7.04. The van der Waals surface area contributed by atoms with E-state index in [2.05, 4.69) is 258 Å². The van der Waals surface area contributed by atoms with E-state index in [0.717, 1.165) is 385 Å². The molecule has 0 saturated carbocycles.